The zero-order valence-corrected chi connectivity index (χ0v) is 10.4. The third kappa shape index (κ3) is 2.13. The second kappa shape index (κ2) is 4.20. The van der Waals surface area contributed by atoms with Crippen LogP contribution in [0.2, 0.25) is 0 Å². The summed E-state index contributed by atoms with van der Waals surface area (Å²) >= 11 is 4.91. The number of methoxy groups -OCH3 is 1. The molecule has 0 aliphatic carbocycles. The molecule has 1 aromatic heterocycles. The zero-order valence-electron chi connectivity index (χ0n) is 8.03. The Bertz CT molecular complexity index is 484. The highest BCUT2D eigenvalue weighted by Crippen LogP contribution is 2.33. The van der Waals surface area contributed by atoms with Crippen LogP contribution >= 0.6 is 27.3 Å². The van der Waals surface area contributed by atoms with Gasteiger partial charge in [0, 0.05) is 6.20 Å². The molecule has 1 aromatic carbocycles. The first-order valence-electron chi connectivity index (χ1n) is 4.26. The van der Waals surface area contributed by atoms with E-state index in [9.17, 15) is 0 Å². The summed E-state index contributed by atoms with van der Waals surface area (Å²) in [5.41, 5.74) is 6.66. The number of anilines is 1. The van der Waals surface area contributed by atoms with E-state index < -0.39 is 0 Å². The highest BCUT2D eigenvalue weighted by atomic mass is 79.9. The van der Waals surface area contributed by atoms with E-state index in [0.717, 1.165) is 20.7 Å². The van der Waals surface area contributed by atoms with E-state index in [-0.39, 0.29) is 0 Å². The van der Waals surface area contributed by atoms with Crippen LogP contribution in [0.3, 0.4) is 0 Å². The number of nitrogens with two attached hydrogens (primary N) is 1. The summed E-state index contributed by atoms with van der Waals surface area (Å²) in [5, 5.41) is 0.581. The van der Waals surface area contributed by atoms with E-state index in [1.165, 1.54) is 11.3 Å². The third-order valence-electron chi connectivity index (χ3n) is 1.96. The maximum Gasteiger partial charge on any atom is 0.180 e. The Morgan fingerprint density at radius 2 is 2.27 bits per heavy atom. The van der Waals surface area contributed by atoms with Gasteiger partial charge < -0.3 is 10.5 Å². The highest BCUT2D eigenvalue weighted by Gasteiger charge is 2.05. The molecule has 2 N–H and O–H groups in total. The van der Waals surface area contributed by atoms with Crippen molar-refractivity contribution in [3.63, 3.8) is 0 Å². The number of benzene rings is 1. The third-order valence-corrected chi connectivity index (χ3v) is 3.46. The standard InChI is InChI=1S/C10H9BrN2OS/c1-14-8-3-2-6(4-7(8)11)9-5-13-10(12)15-9/h2-5H,1H3,(H2,12,13). The van der Waals surface area contributed by atoms with Crippen LogP contribution in [-0.4, -0.2) is 12.1 Å². The predicted octanol–water partition coefficient (Wildman–Crippen LogP) is 3.16. The molecule has 3 nitrogen and oxygen atoms in total. The lowest BCUT2D eigenvalue weighted by Gasteiger charge is -2.04. The lowest BCUT2D eigenvalue weighted by molar-refractivity contribution is 0.412. The molecule has 0 aliphatic rings. The second-order valence-corrected chi connectivity index (χ2v) is 4.83. The van der Waals surface area contributed by atoms with Gasteiger partial charge in [-0.1, -0.05) is 11.3 Å². The van der Waals surface area contributed by atoms with Crippen molar-refractivity contribution in [2.45, 2.75) is 0 Å². The Morgan fingerprint density at radius 1 is 1.47 bits per heavy atom. The minimum Gasteiger partial charge on any atom is -0.496 e. The van der Waals surface area contributed by atoms with Gasteiger partial charge in [-0.2, -0.15) is 0 Å². The molecule has 0 saturated carbocycles. The zero-order chi connectivity index (χ0) is 10.8. The molecule has 5 heteroatoms. The van der Waals surface area contributed by atoms with Crippen molar-refractivity contribution in [1.29, 1.82) is 0 Å². The monoisotopic (exact) mass is 284 g/mol. The minimum atomic E-state index is 0.581. The number of nitrogens with zero attached hydrogens (tertiary/aromatic N) is 1. The number of rotatable bonds is 2. The van der Waals surface area contributed by atoms with Crippen LogP contribution in [0.15, 0.2) is 28.9 Å². The van der Waals surface area contributed by atoms with Gasteiger partial charge in [-0.05, 0) is 39.7 Å². The quantitative estimate of drug-likeness (QED) is 0.922. The van der Waals surface area contributed by atoms with Crippen molar-refractivity contribution >= 4 is 32.4 Å². The fourth-order valence-corrected chi connectivity index (χ4v) is 2.46. The first kappa shape index (κ1) is 10.4. The highest BCUT2D eigenvalue weighted by molar-refractivity contribution is 9.10. The van der Waals surface area contributed by atoms with Gasteiger partial charge in [0.1, 0.15) is 5.75 Å². The van der Waals surface area contributed by atoms with E-state index in [1.807, 2.05) is 18.2 Å². The summed E-state index contributed by atoms with van der Waals surface area (Å²) in [5.74, 6) is 0.816. The van der Waals surface area contributed by atoms with Crippen molar-refractivity contribution in [2.24, 2.45) is 0 Å². The molecule has 1 heterocycles. The first-order valence-corrected chi connectivity index (χ1v) is 5.87. The van der Waals surface area contributed by atoms with Gasteiger partial charge in [-0.25, -0.2) is 4.98 Å². The van der Waals surface area contributed by atoms with Gasteiger partial charge in [0.25, 0.3) is 0 Å². The number of hydrogen-bond donors (Lipinski definition) is 1. The van der Waals surface area contributed by atoms with Crippen molar-refractivity contribution in [3.8, 4) is 16.2 Å². The van der Waals surface area contributed by atoms with Crippen LogP contribution in [0.1, 0.15) is 0 Å². The average Bonchev–Trinajstić information content (AvgIpc) is 2.65. The minimum absolute atomic E-state index is 0.581. The molecule has 2 aromatic rings. The normalized spacial score (nSPS) is 10.3. The Kier molecular flexibility index (Phi) is 2.93. The van der Waals surface area contributed by atoms with Gasteiger partial charge in [0.2, 0.25) is 0 Å². The Labute approximate surface area is 100 Å². The van der Waals surface area contributed by atoms with Crippen LogP contribution in [0.5, 0.6) is 5.75 Å². The van der Waals surface area contributed by atoms with Gasteiger partial charge in [-0.15, -0.1) is 0 Å². The molecule has 78 valence electrons. The SMILES string of the molecule is COc1ccc(-c2cnc(N)s2)cc1Br. The first-order chi connectivity index (χ1) is 7.20. The van der Waals surface area contributed by atoms with Gasteiger partial charge in [0.05, 0.1) is 16.5 Å². The molecule has 0 spiro atoms. The number of nitrogen functional groups attached to an aromatic ring is 1. The molecule has 2 rings (SSSR count). The second-order valence-electron chi connectivity index (χ2n) is 2.91. The number of thiazole rings is 1. The number of halogens is 1. The van der Waals surface area contributed by atoms with E-state index in [2.05, 4.69) is 20.9 Å². The van der Waals surface area contributed by atoms with E-state index in [1.54, 1.807) is 13.3 Å². The lowest BCUT2D eigenvalue weighted by atomic mass is 10.2. The van der Waals surface area contributed by atoms with E-state index >= 15 is 0 Å². The summed E-state index contributed by atoms with van der Waals surface area (Å²) in [6.07, 6.45) is 1.77. The molecule has 0 radical (unpaired) electrons. The van der Waals surface area contributed by atoms with Crippen LogP contribution in [0, 0.1) is 0 Å². The van der Waals surface area contributed by atoms with Gasteiger partial charge in [0.15, 0.2) is 5.13 Å². The molecule has 0 fully saturated rings. The molecule has 0 atom stereocenters. The maximum atomic E-state index is 5.58. The summed E-state index contributed by atoms with van der Waals surface area (Å²) in [6.45, 7) is 0. The number of aromatic nitrogens is 1. The molecule has 0 saturated heterocycles. The van der Waals surface area contributed by atoms with Crippen molar-refractivity contribution in [2.75, 3.05) is 12.8 Å². The molecule has 0 bridgehead atoms. The fraction of sp³-hybridized carbons (Fsp3) is 0.100. The molecule has 0 amide bonds. The van der Waals surface area contributed by atoms with Gasteiger partial charge in [-0.3, -0.25) is 0 Å². The predicted molar refractivity (Wildman–Crippen MR) is 66.2 cm³/mol. The summed E-state index contributed by atoms with van der Waals surface area (Å²) < 4.78 is 6.08. The Balaban J connectivity index is 2.42. The number of ether oxygens (including phenoxy) is 1. The molecule has 0 aliphatic heterocycles. The molecule has 0 unspecified atom stereocenters. The van der Waals surface area contributed by atoms with Crippen molar-refractivity contribution < 1.29 is 4.74 Å². The summed E-state index contributed by atoms with van der Waals surface area (Å²) in [4.78, 5) is 5.07. The summed E-state index contributed by atoms with van der Waals surface area (Å²) in [6, 6.07) is 5.89. The number of hydrogen-bond acceptors (Lipinski definition) is 4. The van der Waals surface area contributed by atoms with Crippen LogP contribution in [-0.2, 0) is 0 Å². The van der Waals surface area contributed by atoms with E-state index in [0.29, 0.717) is 5.13 Å². The van der Waals surface area contributed by atoms with Gasteiger partial charge >= 0.3 is 0 Å². The average molecular weight is 285 g/mol. The topological polar surface area (TPSA) is 48.1 Å². The summed E-state index contributed by atoms with van der Waals surface area (Å²) in [7, 11) is 1.64. The van der Waals surface area contributed by atoms with Crippen molar-refractivity contribution in [3.05, 3.63) is 28.9 Å². The Hall–Kier alpha value is -1.07. The molecule has 15 heavy (non-hydrogen) atoms. The fourth-order valence-electron chi connectivity index (χ4n) is 1.24. The van der Waals surface area contributed by atoms with Crippen LogP contribution < -0.4 is 10.5 Å². The van der Waals surface area contributed by atoms with Crippen LogP contribution in [0.25, 0.3) is 10.4 Å². The molecular formula is C10H9BrN2OS. The van der Waals surface area contributed by atoms with E-state index in [4.69, 9.17) is 10.5 Å². The van der Waals surface area contributed by atoms with Crippen LogP contribution in [0.4, 0.5) is 5.13 Å². The maximum absolute atomic E-state index is 5.58. The smallest absolute Gasteiger partial charge is 0.180 e. The Morgan fingerprint density at radius 3 is 2.80 bits per heavy atom. The lowest BCUT2D eigenvalue weighted by Crippen LogP contribution is -1.84. The van der Waals surface area contributed by atoms with Crippen molar-refractivity contribution in [1.82, 2.24) is 4.98 Å². The molecular weight excluding hydrogens is 276 g/mol. The largest absolute Gasteiger partial charge is 0.496 e.